The molecule has 0 aromatic heterocycles. The van der Waals surface area contributed by atoms with Crippen molar-refractivity contribution < 1.29 is 0 Å². The van der Waals surface area contributed by atoms with Gasteiger partial charge in [-0.05, 0) is 26.7 Å². The highest BCUT2D eigenvalue weighted by Crippen LogP contribution is 2.16. The summed E-state index contributed by atoms with van der Waals surface area (Å²) in [6.45, 7) is 4.28. The Morgan fingerprint density at radius 2 is 1.93 bits per heavy atom. The second kappa shape index (κ2) is 4.04. The predicted octanol–water partition coefficient (Wildman–Crippen LogP) is 0.869. The summed E-state index contributed by atoms with van der Waals surface area (Å²) in [5.41, 5.74) is 2.62. The summed E-state index contributed by atoms with van der Waals surface area (Å²) < 4.78 is 0. The molecule has 0 aromatic rings. The Bertz CT molecular complexity index is 295. The van der Waals surface area contributed by atoms with E-state index in [9.17, 15) is 0 Å². The summed E-state index contributed by atoms with van der Waals surface area (Å²) in [5.74, 6) is 0. The number of nitrogens with zero attached hydrogens (tertiary/aromatic N) is 1. The highest BCUT2D eigenvalue weighted by molar-refractivity contribution is 5.12. The molecule has 2 heterocycles. The van der Waals surface area contributed by atoms with Crippen LogP contribution in [-0.4, -0.2) is 24.3 Å². The van der Waals surface area contributed by atoms with Crippen molar-refractivity contribution in [1.82, 2.24) is 20.9 Å². The van der Waals surface area contributed by atoms with Gasteiger partial charge < -0.3 is 20.9 Å². The van der Waals surface area contributed by atoms with Gasteiger partial charge in [-0.2, -0.15) is 0 Å². The monoisotopic (exact) mass is 208 g/mol. The van der Waals surface area contributed by atoms with Crippen LogP contribution < -0.4 is 16.0 Å². The smallest absolute Gasteiger partial charge is 0.0951 e. The van der Waals surface area contributed by atoms with Crippen LogP contribution in [0.25, 0.3) is 0 Å². The highest BCUT2D eigenvalue weighted by atomic mass is 15.3. The molecule has 0 radical (unpaired) electrons. The Hall–Kier alpha value is -1.32. The van der Waals surface area contributed by atoms with E-state index in [-0.39, 0.29) is 0 Å². The van der Waals surface area contributed by atoms with Gasteiger partial charge in [0.1, 0.15) is 0 Å². The standard InChI is InChI=1S/C11H20N4/c1-8-12-6-10(13-8)4-5-11-7-15(3)9(2)14-11/h6-9,12-14H,4-5H2,1-3H3. The molecule has 4 nitrogen and oxygen atoms in total. The first kappa shape index (κ1) is 10.2. The largest absolute Gasteiger partial charge is 0.370 e. The van der Waals surface area contributed by atoms with E-state index in [0.717, 1.165) is 12.8 Å². The maximum absolute atomic E-state index is 3.45. The molecule has 0 saturated heterocycles. The maximum atomic E-state index is 3.45. The molecule has 0 amide bonds. The number of allylic oxidation sites excluding steroid dienone is 2. The van der Waals surface area contributed by atoms with Gasteiger partial charge in [0.05, 0.1) is 12.3 Å². The third kappa shape index (κ3) is 2.37. The Labute approximate surface area is 91.4 Å². The molecular formula is C11H20N4. The molecule has 2 aliphatic heterocycles. The Kier molecular flexibility index (Phi) is 2.75. The van der Waals surface area contributed by atoms with E-state index >= 15 is 0 Å². The zero-order chi connectivity index (χ0) is 10.8. The van der Waals surface area contributed by atoms with Crippen molar-refractivity contribution >= 4 is 0 Å². The summed E-state index contributed by atoms with van der Waals surface area (Å²) in [6, 6.07) is 0. The van der Waals surface area contributed by atoms with Gasteiger partial charge in [-0.15, -0.1) is 0 Å². The summed E-state index contributed by atoms with van der Waals surface area (Å²) in [6.07, 6.45) is 7.22. The lowest BCUT2D eigenvalue weighted by molar-refractivity contribution is 0.354. The lowest BCUT2D eigenvalue weighted by atomic mass is 10.2. The van der Waals surface area contributed by atoms with Crippen molar-refractivity contribution in [1.29, 1.82) is 0 Å². The molecule has 0 aliphatic carbocycles. The van der Waals surface area contributed by atoms with Gasteiger partial charge in [0.15, 0.2) is 0 Å². The Morgan fingerprint density at radius 3 is 2.47 bits per heavy atom. The van der Waals surface area contributed by atoms with Crippen molar-refractivity contribution in [3.8, 4) is 0 Å². The first-order chi connectivity index (χ1) is 7.15. The van der Waals surface area contributed by atoms with Crippen LogP contribution in [0.2, 0.25) is 0 Å². The minimum absolute atomic E-state index is 0.382. The molecule has 2 aliphatic rings. The van der Waals surface area contributed by atoms with Crippen LogP contribution in [0.4, 0.5) is 0 Å². The number of hydrogen-bond acceptors (Lipinski definition) is 4. The predicted molar refractivity (Wildman–Crippen MR) is 61.5 cm³/mol. The number of rotatable bonds is 3. The summed E-state index contributed by atoms with van der Waals surface area (Å²) >= 11 is 0. The van der Waals surface area contributed by atoms with E-state index in [0.29, 0.717) is 12.3 Å². The molecule has 0 fully saturated rings. The topological polar surface area (TPSA) is 39.3 Å². The van der Waals surface area contributed by atoms with Crippen molar-refractivity contribution in [3.05, 3.63) is 23.8 Å². The van der Waals surface area contributed by atoms with E-state index in [1.165, 1.54) is 11.4 Å². The second-order valence-electron chi connectivity index (χ2n) is 4.34. The lowest BCUT2D eigenvalue weighted by Crippen LogP contribution is -2.30. The molecule has 0 spiro atoms. The summed E-state index contributed by atoms with van der Waals surface area (Å²) in [5, 5.41) is 10.1. The van der Waals surface area contributed by atoms with Crippen LogP contribution in [0.5, 0.6) is 0 Å². The van der Waals surface area contributed by atoms with E-state index in [2.05, 4.69) is 54.1 Å². The Morgan fingerprint density at radius 1 is 1.20 bits per heavy atom. The summed E-state index contributed by atoms with van der Waals surface area (Å²) in [7, 11) is 2.10. The van der Waals surface area contributed by atoms with E-state index in [4.69, 9.17) is 0 Å². The molecule has 4 heteroatoms. The van der Waals surface area contributed by atoms with Crippen LogP contribution in [0, 0.1) is 0 Å². The molecular weight excluding hydrogens is 188 g/mol. The van der Waals surface area contributed by atoms with Gasteiger partial charge in [-0.3, -0.25) is 0 Å². The number of nitrogens with one attached hydrogen (secondary N) is 3. The lowest BCUT2D eigenvalue weighted by Gasteiger charge is -2.15. The Balaban J connectivity index is 1.77. The molecule has 2 unspecified atom stereocenters. The third-order valence-corrected chi connectivity index (χ3v) is 2.94. The van der Waals surface area contributed by atoms with Crippen LogP contribution in [0.3, 0.4) is 0 Å². The van der Waals surface area contributed by atoms with Crippen LogP contribution in [-0.2, 0) is 0 Å². The molecule has 2 rings (SSSR count). The average Bonchev–Trinajstić information content (AvgIpc) is 2.72. The van der Waals surface area contributed by atoms with E-state index in [1.807, 2.05) is 0 Å². The molecule has 0 bridgehead atoms. The zero-order valence-electron chi connectivity index (χ0n) is 9.67. The third-order valence-electron chi connectivity index (χ3n) is 2.94. The molecule has 0 aromatic carbocycles. The second-order valence-corrected chi connectivity index (χ2v) is 4.34. The summed E-state index contributed by atoms with van der Waals surface area (Å²) in [4.78, 5) is 2.20. The van der Waals surface area contributed by atoms with Crippen LogP contribution in [0.15, 0.2) is 23.8 Å². The molecule has 84 valence electrons. The molecule has 3 N–H and O–H groups in total. The molecule has 15 heavy (non-hydrogen) atoms. The van der Waals surface area contributed by atoms with Gasteiger partial charge in [0.2, 0.25) is 0 Å². The van der Waals surface area contributed by atoms with Crippen LogP contribution in [0.1, 0.15) is 26.7 Å². The van der Waals surface area contributed by atoms with Crippen molar-refractivity contribution in [3.63, 3.8) is 0 Å². The average molecular weight is 208 g/mol. The fourth-order valence-electron chi connectivity index (χ4n) is 1.90. The zero-order valence-corrected chi connectivity index (χ0v) is 9.67. The SMILES string of the molecule is CC1NC=C(CCC2=CN(C)C(C)N2)N1. The first-order valence-corrected chi connectivity index (χ1v) is 5.56. The van der Waals surface area contributed by atoms with Crippen LogP contribution >= 0.6 is 0 Å². The fraction of sp³-hybridized carbons (Fsp3) is 0.636. The van der Waals surface area contributed by atoms with Gasteiger partial charge in [0.25, 0.3) is 0 Å². The molecule has 2 atom stereocenters. The van der Waals surface area contributed by atoms with Crippen molar-refractivity contribution in [2.24, 2.45) is 0 Å². The quantitative estimate of drug-likeness (QED) is 0.643. The minimum Gasteiger partial charge on any atom is -0.370 e. The van der Waals surface area contributed by atoms with Gasteiger partial charge in [-0.1, -0.05) is 0 Å². The first-order valence-electron chi connectivity index (χ1n) is 5.56. The molecule has 0 saturated carbocycles. The van der Waals surface area contributed by atoms with Crippen molar-refractivity contribution in [2.45, 2.75) is 39.0 Å². The normalized spacial score (nSPS) is 29.1. The van der Waals surface area contributed by atoms with Gasteiger partial charge in [0, 0.05) is 30.8 Å². The number of hydrogen-bond donors (Lipinski definition) is 3. The van der Waals surface area contributed by atoms with Gasteiger partial charge >= 0.3 is 0 Å². The highest BCUT2D eigenvalue weighted by Gasteiger charge is 2.16. The minimum atomic E-state index is 0.382. The fourth-order valence-corrected chi connectivity index (χ4v) is 1.90. The van der Waals surface area contributed by atoms with Crippen molar-refractivity contribution in [2.75, 3.05) is 7.05 Å². The van der Waals surface area contributed by atoms with Gasteiger partial charge in [-0.25, -0.2) is 0 Å². The van der Waals surface area contributed by atoms with E-state index < -0.39 is 0 Å². The van der Waals surface area contributed by atoms with E-state index in [1.54, 1.807) is 0 Å². The maximum Gasteiger partial charge on any atom is 0.0951 e.